The number of rotatable bonds is 3. The van der Waals surface area contributed by atoms with Gasteiger partial charge in [-0.15, -0.1) is 0 Å². The second-order valence-electron chi connectivity index (χ2n) is 4.15. The van der Waals surface area contributed by atoms with E-state index in [1.54, 1.807) is 24.4 Å². The summed E-state index contributed by atoms with van der Waals surface area (Å²) in [5.74, 6) is 0. The Hall–Kier alpha value is -1.06. The molecule has 1 N–H and O–H groups in total. The molecule has 1 heterocycles. The Kier molecular flexibility index (Phi) is 5.02. The van der Waals surface area contributed by atoms with Crippen LogP contribution in [0.25, 0.3) is 0 Å². The van der Waals surface area contributed by atoms with E-state index in [2.05, 4.69) is 15.5 Å². The lowest BCUT2D eigenvalue weighted by Crippen LogP contribution is -2.02. The lowest BCUT2D eigenvalue weighted by molar-refractivity contribution is 0.731. The van der Waals surface area contributed by atoms with E-state index in [9.17, 15) is 0 Å². The Morgan fingerprint density at radius 2 is 1.94 bits per heavy atom. The first-order chi connectivity index (χ1) is 8.77. The van der Waals surface area contributed by atoms with E-state index in [-0.39, 0.29) is 0 Å². The number of nitrogens with zero attached hydrogens (tertiary/aromatic N) is 2. The van der Waals surface area contributed by atoms with E-state index < -0.39 is 0 Å². The van der Waals surface area contributed by atoms with Crippen molar-refractivity contribution in [3.05, 3.63) is 28.2 Å². The smallest absolute Gasteiger partial charge is 0.0934 e. The molecule has 0 spiro atoms. The van der Waals surface area contributed by atoms with E-state index in [0.29, 0.717) is 15.7 Å². The van der Waals surface area contributed by atoms with Gasteiger partial charge in [-0.2, -0.15) is 5.10 Å². The van der Waals surface area contributed by atoms with Gasteiger partial charge in [0.2, 0.25) is 0 Å². The van der Waals surface area contributed by atoms with Crippen molar-refractivity contribution in [2.24, 2.45) is 10.1 Å². The lowest BCUT2D eigenvalue weighted by atomic mass is 10.2. The first-order valence-electron chi connectivity index (χ1n) is 6.04. The molecule has 1 aromatic carbocycles. The van der Waals surface area contributed by atoms with Gasteiger partial charge in [-0.1, -0.05) is 35.7 Å². The minimum absolute atomic E-state index is 0.558. The van der Waals surface area contributed by atoms with Crippen LogP contribution < -0.4 is 5.43 Å². The maximum atomic E-state index is 6.03. The summed E-state index contributed by atoms with van der Waals surface area (Å²) >= 11 is 12.1. The number of hydrazone groups is 1. The van der Waals surface area contributed by atoms with Gasteiger partial charge in [0, 0.05) is 6.54 Å². The molecule has 1 aromatic rings. The van der Waals surface area contributed by atoms with Crippen LogP contribution in [0.4, 0.5) is 5.69 Å². The molecule has 0 amide bonds. The highest BCUT2D eigenvalue weighted by Gasteiger charge is 2.04. The second-order valence-corrected chi connectivity index (χ2v) is 4.96. The first-order valence-corrected chi connectivity index (χ1v) is 6.79. The van der Waals surface area contributed by atoms with Gasteiger partial charge in [0.05, 0.1) is 27.7 Å². The van der Waals surface area contributed by atoms with Crippen molar-refractivity contribution in [1.82, 2.24) is 0 Å². The number of anilines is 1. The fourth-order valence-electron chi connectivity index (χ4n) is 1.78. The molecule has 1 aliphatic heterocycles. The Labute approximate surface area is 117 Å². The highest BCUT2D eigenvalue weighted by Crippen LogP contribution is 2.29. The zero-order valence-corrected chi connectivity index (χ0v) is 11.5. The van der Waals surface area contributed by atoms with E-state index in [1.165, 1.54) is 19.3 Å². The van der Waals surface area contributed by atoms with Crippen LogP contribution >= 0.6 is 23.2 Å². The molecule has 1 aliphatic rings. The molecule has 0 saturated carbocycles. The van der Waals surface area contributed by atoms with Crippen molar-refractivity contribution in [2.75, 3.05) is 12.0 Å². The van der Waals surface area contributed by atoms with Crippen LogP contribution in [-0.4, -0.2) is 18.5 Å². The van der Waals surface area contributed by atoms with Gasteiger partial charge in [-0.05, 0) is 31.4 Å². The standard InChI is InChI=1S/C13H15Cl2N3/c14-11-6-4-7-12(15)13(11)18-17-9-10-5-2-1-3-8-16-10/h4,6-7,9,18H,1-3,5,8H2/b17-9-. The van der Waals surface area contributed by atoms with Gasteiger partial charge < -0.3 is 0 Å². The van der Waals surface area contributed by atoms with Gasteiger partial charge in [0.25, 0.3) is 0 Å². The third-order valence-electron chi connectivity index (χ3n) is 2.76. The molecule has 0 aromatic heterocycles. The van der Waals surface area contributed by atoms with Crippen LogP contribution in [0.5, 0.6) is 0 Å². The van der Waals surface area contributed by atoms with Crippen molar-refractivity contribution >= 4 is 40.8 Å². The third-order valence-corrected chi connectivity index (χ3v) is 3.39. The Balaban J connectivity index is 2.00. The number of para-hydroxylation sites is 1. The summed E-state index contributed by atoms with van der Waals surface area (Å²) in [5.41, 5.74) is 4.54. The molecule has 0 bridgehead atoms. The predicted octanol–water partition coefficient (Wildman–Crippen LogP) is 4.41. The lowest BCUT2D eigenvalue weighted by Gasteiger charge is -2.05. The largest absolute Gasteiger partial charge is 0.288 e. The van der Waals surface area contributed by atoms with Crippen molar-refractivity contribution in [2.45, 2.75) is 25.7 Å². The maximum absolute atomic E-state index is 6.03. The van der Waals surface area contributed by atoms with Crippen LogP contribution in [0.2, 0.25) is 10.0 Å². The molecule has 3 nitrogen and oxygen atoms in total. The molecular weight excluding hydrogens is 269 g/mol. The quantitative estimate of drug-likeness (QED) is 0.648. The Bertz CT molecular complexity index is 449. The molecule has 0 unspecified atom stereocenters. The average molecular weight is 284 g/mol. The van der Waals surface area contributed by atoms with Gasteiger partial charge in [0.15, 0.2) is 0 Å². The molecule has 5 heteroatoms. The van der Waals surface area contributed by atoms with Gasteiger partial charge in [-0.3, -0.25) is 10.4 Å². The van der Waals surface area contributed by atoms with Crippen LogP contribution in [0.15, 0.2) is 28.3 Å². The number of aliphatic imine (C=N–C) groups is 1. The molecule has 0 saturated heterocycles. The monoisotopic (exact) mass is 283 g/mol. The van der Waals surface area contributed by atoms with Gasteiger partial charge in [-0.25, -0.2) is 0 Å². The first kappa shape index (κ1) is 13.4. The van der Waals surface area contributed by atoms with Crippen LogP contribution in [-0.2, 0) is 0 Å². The summed E-state index contributed by atoms with van der Waals surface area (Å²) in [7, 11) is 0. The Morgan fingerprint density at radius 3 is 2.72 bits per heavy atom. The minimum atomic E-state index is 0.558. The van der Waals surface area contributed by atoms with Gasteiger partial charge in [0.1, 0.15) is 0 Å². The maximum Gasteiger partial charge on any atom is 0.0934 e. The molecule has 0 radical (unpaired) electrons. The van der Waals surface area contributed by atoms with Crippen LogP contribution in [0, 0.1) is 0 Å². The topological polar surface area (TPSA) is 36.8 Å². The minimum Gasteiger partial charge on any atom is -0.288 e. The SMILES string of the molecule is Clc1cccc(Cl)c1N/N=C\C1=NCCCCC1. The fourth-order valence-corrected chi connectivity index (χ4v) is 2.26. The molecule has 96 valence electrons. The number of halogens is 2. The highest BCUT2D eigenvalue weighted by atomic mass is 35.5. The van der Waals surface area contributed by atoms with Crippen molar-refractivity contribution in [3.63, 3.8) is 0 Å². The van der Waals surface area contributed by atoms with Crippen LogP contribution in [0.3, 0.4) is 0 Å². The summed E-state index contributed by atoms with van der Waals surface area (Å²) < 4.78 is 0. The number of benzene rings is 1. The summed E-state index contributed by atoms with van der Waals surface area (Å²) in [6.07, 6.45) is 6.33. The average Bonchev–Trinajstić information content (AvgIpc) is 2.61. The highest BCUT2D eigenvalue weighted by molar-refractivity contribution is 6.39. The normalized spacial score (nSPS) is 16.4. The van der Waals surface area contributed by atoms with E-state index in [4.69, 9.17) is 23.2 Å². The molecule has 0 fully saturated rings. The Morgan fingerprint density at radius 1 is 1.17 bits per heavy atom. The summed E-state index contributed by atoms with van der Waals surface area (Å²) in [4.78, 5) is 4.46. The molecule has 2 rings (SSSR count). The van der Waals surface area contributed by atoms with Crippen molar-refractivity contribution in [1.29, 1.82) is 0 Å². The predicted molar refractivity (Wildman–Crippen MR) is 79.3 cm³/mol. The summed E-state index contributed by atoms with van der Waals surface area (Å²) in [5, 5.41) is 5.27. The van der Waals surface area contributed by atoms with E-state index >= 15 is 0 Å². The fraction of sp³-hybridized carbons (Fsp3) is 0.385. The molecule has 0 aliphatic carbocycles. The summed E-state index contributed by atoms with van der Waals surface area (Å²) in [6.45, 7) is 0.897. The molecule has 18 heavy (non-hydrogen) atoms. The number of hydrogen-bond donors (Lipinski definition) is 1. The van der Waals surface area contributed by atoms with Crippen molar-refractivity contribution < 1.29 is 0 Å². The second kappa shape index (κ2) is 6.76. The van der Waals surface area contributed by atoms with E-state index in [1.807, 2.05) is 0 Å². The number of hydrogen-bond acceptors (Lipinski definition) is 3. The third kappa shape index (κ3) is 3.72. The zero-order valence-electron chi connectivity index (χ0n) is 10.00. The van der Waals surface area contributed by atoms with E-state index in [0.717, 1.165) is 18.7 Å². The zero-order chi connectivity index (χ0) is 12.8. The van der Waals surface area contributed by atoms with Crippen molar-refractivity contribution in [3.8, 4) is 0 Å². The molecule has 0 atom stereocenters. The molecular formula is C13H15Cl2N3. The summed E-state index contributed by atoms with van der Waals surface area (Å²) in [6, 6.07) is 5.35. The van der Waals surface area contributed by atoms with Gasteiger partial charge >= 0.3 is 0 Å². The number of nitrogens with one attached hydrogen (secondary N) is 1. The van der Waals surface area contributed by atoms with Crippen LogP contribution in [0.1, 0.15) is 25.7 Å².